The van der Waals surface area contributed by atoms with Crippen LogP contribution in [0, 0.1) is 13.8 Å². The van der Waals surface area contributed by atoms with Crippen LogP contribution in [0.2, 0.25) is 0 Å². The van der Waals surface area contributed by atoms with Crippen molar-refractivity contribution in [3.8, 4) is 0 Å². The SMILES string of the molecule is COC(=O)CCCNC(=O)COC(=O)c1ccccc1C(=O)c1cc(C)ccc1C. The zero-order chi connectivity index (χ0) is 22.1. The van der Waals surface area contributed by atoms with Gasteiger partial charge >= 0.3 is 11.9 Å². The van der Waals surface area contributed by atoms with Crippen molar-refractivity contribution < 1.29 is 28.7 Å². The lowest BCUT2D eigenvalue weighted by molar-refractivity contribution is -0.140. The van der Waals surface area contributed by atoms with Crippen LogP contribution in [0.5, 0.6) is 0 Å². The first-order valence-electron chi connectivity index (χ1n) is 9.55. The zero-order valence-electron chi connectivity index (χ0n) is 17.3. The Balaban J connectivity index is 2.00. The van der Waals surface area contributed by atoms with Crippen LogP contribution in [0.3, 0.4) is 0 Å². The van der Waals surface area contributed by atoms with E-state index < -0.39 is 18.5 Å². The Labute approximate surface area is 175 Å². The van der Waals surface area contributed by atoms with Crippen LogP contribution in [0.15, 0.2) is 42.5 Å². The average Bonchev–Trinajstić information content (AvgIpc) is 2.75. The molecule has 0 aliphatic heterocycles. The molecule has 0 heterocycles. The Morgan fingerprint density at radius 3 is 2.33 bits per heavy atom. The predicted molar refractivity (Wildman–Crippen MR) is 110 cm³/mol. The number of ether oxygens (including phenoxy) is 2. The molecule has 0 atom stereocenters. The van der Waals surface area contributed by atoms with Gasteiger partial charge in [0.2, 0.25) is 0 Å². The van der Waals surface area contributed by atoms with E-state index in [2.05, 4.69) is 10.1 Å². The molecule has 0 bridgehead atoms. The van der Waals surface area contributed by atoms with Crippen molar-refractivity contribution in [1.29, 1.82) is 0 Å². The smallest absolute Gasteiger partial charge is 0.339 e. The Kier molecular flexibility index (Phi) is 8.29. The summed E-state index contributed by atoms with van der Waals surface area (Å²) >= 11 is 0. The number of amides is 1. The summed E-state index contributed by atoms with van der Waals surface area (Å²) in [4.78, 5) is 48.4. The van der Waals surface area contributed by atoms with Crippen LogP contribution in [-0.2, 0) is 19.1 Å². The first-order chi connectivity index (χ1) is 14.3. The van der Waals surface area contributed by atoms with Gasteiger partial charge < -0.3 is 14.8 Å². The average molecular weight is 411 g/mol. The van der Waals surface area contributed by atoms with Gasteiger partial charge in [-0.15, -0.1) is 0 Å². The fourth-order valence-corrected chi connectivity index (χ4v) is 2.81. The molecule has 2 aromatic carbocycles. The Morgan fingerprint density at radius 1 is 0.933 bits per heavy atom. The Hall–Kier alpha value is -3.48. The maximum absolute atomic E-state index is 13.0. The number of esters is 2. The molecule has 30 heavy (non-hydrogen) atoms. The minimum Gasteiger partial charge on any atom is -0.469 e. The number of hydrogen-bond donors (Lipinski definition) is 1. The van der Waals surface area contributed by atoms with E-state index in [4.69, 9.17) is 4.74 Å². The summed E-state index contributed by atoms with van der Waals surface area (Å²) in [6.07, 6.45) is 0.601. The first-order valence-corrected chi connectivity index (χ1v) is 9.55. The molecule has 1 amide bonds. The first kappa shape index (κ1) is 22.8. The van der Waals surface area contributed by atoms with Gasteiger partial charge in [0.05, 0.1) is 12.7 Å². The fourth-order valence-electron chi connectivity index (χ4n) is 2.81. The van der Waals surface area contributed by atoms with Crippen LogP contribution in [0.25, 0.3) is 0 Å². The van der Waals surface area contributed by atoms with Gasteiger partial charge in [-0.25, -0.2) is 4.79 Å². The second-order valence-corrected chi connectivity index (χ2v) is 6.80. The molecular weight excluding hydrogens is 386 g/mol. The fraction of sp³-hybridized carbons (Fsp3) is 0.304. The largest absolute Gasteiger partial charge is 0.469 e. The van der Waals surface area contributed by atoms with Crippen molar-refractivity contribution in [2.45, 2.75) is 26.7 Å². The van der Waals surface area contributed by atoms with Gasteiger partial charge in [-0.2, -0.15) is 0 Å². The van der Waals surface area contributed by atoms with E-state index >= 15 is 0 Å². The predicted octanol–water partition coefficient (Wildman–Crippen LogP) is 2.76. The van der Waals surface area contributed by atoms with Gasteiger partial charge in [-0.3, -0.25) is 14.4 Å². The molecule has 7 nitrogen and oxygen atoms in total. The lowest BCUT2D eigenvalue weighted by Gasteiger charge is -2.11. The molecular formula is C23H25NO6. The number of ketones is 1. The highest BCUT2D eigenvalue weighted by Gasteiger charge is 2.21. The molecule has 0 spiro atoms. The molecule has 2 aromatic rings. The van der Waals surface area contributed by atoms with Crippen LogP contribution in [-0.4, -0.2) is 43.9 Å². The van der Waals surface area contributed by atoms with Crippen molar-refractivity contribution >= 4 is 23.6 Å². The van der Waals surface area contributed by atoms with Gasteiger partial charge in [0.25, 0.3) is 5.91 Å². The molecule has 0 aliphatic rings. The van der Waals surface area contributed by atoms with Crippen LogP contribution >= 0.6 is 0 Å². The van der Waals surface area contributed by atoms with E-state index in [9.17, 15) is 19.2 Å². The number of hydrogen-bond acceptors (Lipinski definition) is 6. The highest BCUT2D eigenvalue weighted by molar-refractivity contribution is 6.15. The third kappa shape index (κ3) is 6.27. The van der Waals surface area contributed by atoms with Crippen molar-refractivity contribution in [2.24, 2.45) is 0 Å². The van der Waals surface area contributed by atoms with Gasteiger partial charge in [0.1, 0.15) is 0 Å². The molecule has 0 saturated carbocycles. The zero-order valence-corrected chi connectivity index (χ0v) is 17.3. The number of nitrogens with one attached hydrogen (secondary N) is 1. The number of benzene rings is 2. The summed E-state index contributed by atoms with van der Waals surface area (Å²) in [5.41, 5.74) is 2.57. The molecule has 2 rings (SSSR count). The maximum atomic E-state index is 13.0. The van der Waals surface area contributed by atoms with Crippen molar-refractivity contribution in [3.63, 3.8) is 0 Å². The summed E-state index contributed by atoms with van der Waals surface area (Å²) in [5, 5.41) is 2.55. The molecule has 0 aromatic heterocycles. The van der Waals surface area contributed by atoms with Crippen LogP contribution in [0.1, 0.15) is 50.2 Å². The molecule has 7 heteroatoms. The molecule has 158 valence electrons. The summed E-state index contributed by atoms with van der Waals surface area (Å²) in [6.45, 7) is 3.49. The second kappa shape index (κ2) is 10.9. The highest BCUT2D eigenvalue weighted by Crippen LogP contribution is 2.19. The topological polar surface area (TPSA) is 98.8 Å². The quantitative estimate of drug-likeness (QED) is 0.387. The third-order valence-electron chi connectivity index (χ3n) is 4.47. The molecule has 0 unspecified atom stereocenters. The molecule has 0 fully saturated rings. The van der Waals surface area contributed by atoms with Gasteiger partial charge in [-0.05, 0) is 38.0 Å². The van der Waals surface area contributed by atoms with E-state index in [1.54, 1.807) is 24.3 Å². The summed E-state index contributed by atoms with van der Waals surface area (Å²) < 4.78 is 9.59. The van der Waals surface area contributed by atoms with Crippen LogP contribution in [0.4, 0.5) is 0 Å². The van der Waals surface area contributed by atoms with E-state index in [-0.39, 0.29) is 35.8 Å². The maximum Gasteiger partial charge on any atom is 0.339 e. The van der Waals surface area contributed by atoms with Crippen molar-refractivity contribution in [1.82, 2.24) is 5.32 Å². The monoisotopic (exact) mass is 411 g/mol. The summed E-state index contributed by atoms with van der Waals surface area (Å²) in [6, 6.07) is 11.9. The van der Waals surface area contributed by atoms with Gasteiger partial charge in [-0.1, -0.05) is 35.9 Å². The lowest BCUT2D eigenvalue weighted by Crippen LogP contribution is -2.30. The van der Waals surface area contributed by atoms with Crippen molar-refractivity contribution in [3.05, 3.63) is 70.3 Å². The van der Waals surface area contributed by atoms with Crippen LogP contribution < -0.4 is 5.32 Å². The van der Waals surface area contributed by atoms with Crippen molar-refractivity contribution in [2.75, 3.05) is 20.3 Å². The molecule has 0 aliphatic carbocycles. The molecule has 0 saturated heterocycles. The van der Waals surface area contributed by atoms with E-state index in [0.29, 0.717) is 12.0 Å². The number of methoxy groups -OCH3 is 1. The van der Waals surface area contributed by atoms with Gasteiger partial charge in [0, 0.05) is 24.1 Å². The number of carbonyl (C=O) groups is 4. The molecule has 0 radical (unpaired) electrons. The van der Waals surface area contributed by atoms with E-state index in [0.717, 1.165) is 11.1 Å². The van der Waals surface area contributed by atoms with E-state index in [1.165, 1.54) is 13.2 Å². The number of aryl methyl sites for hydroxylation is 2. The minimum absolute atomic E-state index is 0.0990. The normalized spacial score (nSPS) is 10.2. The second-order valence-electron chi connectivity index (χ2n) is 6.80. The van der Waals surface area contributed by atoms with Gasteiger partial charge in [0.15, 0.2) is 12.4 Å². The van der Waals surface area contributed by atoms with E-state index in [1.807, 2.05) is 26.0 Å². The minimum atomic E-state index is -0.756. The Bertz CT molecular complexity index is 950. The number of carbonyl (C=O) groups excluding carboxylic acids is 4. The number of rotatable bonds is 9. The molecule has 1 N–H and O–H groups in total. The Morgan fingerprint density at radius 2 is 1.63 bits per heavy atom. The standard InChI is InChI=1S/C23H25NO6/c1-15-10-11-16(2)19(13-15)22(27)17-7-4-5-8-18(17)23(28)30-14-20(25)24-12-6-9-21(26)29-3/h4-5,7-8,10-11,13H,6,9,12,14H2,1-3H3,(H,24,25). The summed E-state index contributed by atoms with van der Waals surface area (Å²) in [7, 11) is 1.29. The summed E-state index contributed by atoms with van der Waals surface area (Å²) in [5.74, 6) is -1.89. The third-order valence-corrected chi connectivity index (χ3v) is 4.47. The lowest BCUT2D eigenvalue weighted by atomic mass is 9.94. The highest BCUT2D eigenvalue weighted by atomic mass is 16.5.